The SMILES string of the molecule is CC(O)CC(O)CC(=O)OC(C)(C#N)C(C)(C)C. The average Bonchev–Trinajstić information content (AvgIpc) is 2.13. The number of hydrogen-bond acceptors (Lipinski definition) is 5. The molecule has 3 atom stereocenters. The van der Waals surface area contributed by atoms with Crippen LogP contribution in [-0.2, 0) is 9.53 Å². The van der Waals surface area contributed by atoms with Crippen LogP contribution < -0.4 is 0 Å². The fourth-order valence-electron chi connectivity index (χ4n) is 1.28. The normalized spacial score (nSPS) is 18.3. The van der Waals surface area contributed by atoms with E-state index in [0.717, 1.165) is 0 Å². The van der Waals surface area contributed by atoms with Crippen LogP contribution in [0.3, 0.4) is 0 Å². The summed E-state index contributed by atoms with van der Waals surface area (Å²) in [6.07, 6.45) is -1.76. The highest BCUT2D eigenvalue weighted by atomic mass is 16.6. The van der Waals surface area contributed by atoms with E-state index in [2.05, 4.69) is 0 Å². The molecule has 0 rings (SSSR count). The van der Waals surface area contributed by atoms with E-state index < -0.39 is 29.2 Å². The van der Waals surface area contributed by atoms with Crippen LogP contribution in [-0.4, -0.2) is 34.0 Å². The Balaban J connectivity index is 4.53. The summed E-state index contributed by atoms with van der Waals surface area (Å²) in [5.74, 6) is -0.637. The van der Waals surface area contributed by atoms with E-state index in [1.54, 1.807) is 27.7 Å². The minimum absolute atomic E-state index is 0.105. The van der Waals surface area contributed by atoms with Gasteiger partial charge in [0.05, 0.1) is 18.6 Å². The fraction of sp³-hybridized carbons (Fsp3) is 0.846. The molecular formula is C13H23NO4. The van der Waals surface area contributed by atoms with Crippen molar-refractivity contribution in [2.24, 2.45) is 5.41 Å². The van der Waals surface area contributed by atoms with Gasteiger partial charge in [0.2, 0.25) is 0 Å². The van der Waals surface area contributed by atoms with Crippen molar-refractivity contribution in [3.05, 3.63) is 0 Å². The molecule has 0 aromatic carbocycles. The van der Waals surface area contributed by atoms with E-state index >= 15 is 0 Å². The van der Waals surface area contributed by atoms with E-state index in [-0.39, 0.29) is 12.8 Å². The standard InChI is InChI=1S/C13H23NO4/c1-9(15)6-10(16)7-11(17)18-13(5,8-14)12(2,3)4/h9-10,15-16H,6-7H2,1-5H3. The zero-order valence-corrected chi connectivity index (χ0v) is 11.7. The van der Waals surface area contributed by atoms with Gasteiger partial charge in [0.1, 0.15) is 6.07 Å². The second-order valence-corrected chi connectivity index (χ2v) is 5.81. The third kappa shape index (κ3) is 5.03. The molecule has 3 unspecified atom stereocenters. The van der Waals surface area contributed by atoms with Gasteiger partial charge in [0.15, 0.2) is 5.60 Å². The van der Waals surface area contributed by atoms with Gasteiger partial charge in [-0.25, -0.2) is 0 Å². The molecule has 0 fully saturated rings. The predicted octanol–water partition coefficient (Wildman–Crippen LogP) is 1.38. The molecule has 104 valence electrons. The highest BCUT2D eigenvalue weighted by Gasteiger charge is 2.41. The van der Waals surface area contributed by atoms with Crippen LogP contribution >= 0.6 is 0 Å². The van der Waals surface area contributed by atoms with Gasteiger partial charge in [-0.1, -0.05) is 20.8 Å². The lowest BCUT2D eigenvalue weighted by atomic mass is 9.78. The number of aliphatic hydroxyl groups is 2. The molecule has 18 heavy (non-hydrogen) atoms. The monoisotopic (exact) mass is 257 g/mol. The molecule has 0 aliphatic heterocycles. The number of esters is 1. The zero-order valence-electron chi connectivity index (χ0n) is 11.7. The van der Waals surface area contributed by atoms with Crippen molar-refractivity contribution in [2.45, 2.75) is 65.3 Å². The highest BCUT2D eigenvalue weighted by molar-refractivity contribution is 5.71. The first-order valence-electron chi connectivity index (χ1n) is 6.01. The maximum absolute atomic E-state index is 11.6. The van der Waals surface area contributed by atoms with Crippen LogP contribution in [0.25, 0.3) is 0 Å². The van der Waals surface area contributed by atoms with Gasteiger partial charge in [0.25, 0.3) is 0 Å². The fourth-order valence-corrected chi connectivity index (χ4v) is 1.28. The molecule has 0 bridgehead atoms. The third-order valence-corrected chi connectivity index (χ3v) is 2.98. The Morgan fingerprint density at radius 2 is 1.83 bits per heavy atom. The largest absolute Gasteiger partial charge is 0.443 e. The maximum Gasteiger partial charge on any atom is 0.310 e. The molecule has 0 aliphatic rings. The predicted molar refractivity (Wildman–Crippen MR) is 66.5 cm³/mol. The van der Waals surface area contributed by atoms with Gasteiger partial charge >= 0.3 is 5.97 Å². The molecule has 0 saturated carbocycles. The highest BCUT2D eigenvalue weighted by Crippen LogP contribution is 2.33. The molecule has 0 spiro atoms. The quantitative estimate of drug-likeness (QED) is 0.726. The number of hydrogen-bond donors (Lipinski definition) is 2. The van der Waals surface area contributed by atoms with E-state index in [1.165, 1.54) is 6.92 Å². The number of ether oxygens (including phenoxy) is 1. The molecular weight excluding hydrogens is 234 g/mol. The van der Waals surface area contributed by atoms with Gasteiger partial charge in [-0.05, 0) is 20.3 Å². The molecule has 5 nitrogen and oxygen atoms in total. The minimum atomic E-state index is -1.24. The Kier molecular flexibility index (Phi) is 5.78. The second-order valence-electron chi connectivity index (χ2n) is 5.81. The Labute approximate surface area is 108 Å². The third-order valence-electron chi connectivity index (χ3n) is 2.98. The summed E-state index contributed by atoms with van der Waals surface area (Å²) in [5, 5.41) is 27.7. The van der Waals surface area contributed by atoms with Crippen molar-refractivity contribution in [3.63, 3.8) is 0 Å². The molecule has 0 aromatic rings. The van der Waals surface area contributed by atoms with E-state index in [4.69, 9.17) is 15.1 Å². The van der Waals surface area contributed by atoms with Crippen LogP contribution in [0.1, 0.15) is 47.5 Å². The van der Waals surface area contributed by atoms with E-state index in [9.17, 15) is 9.90 Å². The summed E-state index contributed by atoms with van der Waals surface area (Å²) >= 11 is 0. The number of rotatable bonds is 5. The Morgan fingerprint density at radius 3 is 2.17 bits per heavy atom. The van der Waals surface area contributed by atoms with Crippen LogP contribution in [0.5, 0.6) is 0 Å². The van der Waals surface area contributed by atoms with Gasteiger partial charge in [-0.2, -0.15) is 5.26 Å². The number of carbonyl (C=O) groups is 1. The molecule has 0 saturated heterocycles. The first-order valence-corrected chi connectivity index (χ1v) is 6.01. The summed E-state index contributed by atoms with van der Waals surface area (Å²) in [4.78, 5) is 11.6. The Hall–Kier alpha value is -1.12. The van der Waals surface area contributed by atoms with Gasteiger partial charge in [0, 0.05) is 5.41 Å². The Morgan fingerprint density at radius 1 is 1.33 bits per heavy atom. The number of nitriles is 1. The first kappa shape index (κ1) is 16.9. The Bertz CT molecular complexity index is 327. The topological polar surface area (TPSA) is 90.6 Å². The molecule has 2 N–H and O–H groups in total. The number of nitrogens with zero attached hydrogens (tertiary/aromatic N) is 1. The average molecular weight is 257 g/mol. The van der Waals surface area contributed by atoms with E-state index in [1.807, 2.05) is 6.07 Å². The van der Waals surface area contributed by atoms with Gasteiger partial charge in [-0.15, -0.1) is 0 Å². The second kappa shape index (κ2) is 6.17. The van der Waals surface area contributed by atoms with Gasteiger partial charge in [-0.3, -0.25) is 4.79 Å². The maximum atomic E-state index is 11.6. The molecule has 0 amide bonds. The number of aliphatic hydroxyl groups excluding tert-OH is 2. The number of carbonyl (C=O) groups excluding carboxylic acids is 1. The van der Waals surface area contributed by atoms with Crippen LogP contribution in [0.4, 0.5) is 0 Å². The van der Waals surface area contributed by atoms with Crippen LogP contribution in [0.2, 0.25) is 0 Å². The van der Waals surface area contributed by atoms with Crippen molar-refractivity contribution >= 4 is 5.97 Å². The first-order chi connectivity index (χ1) is 8.01. The molecule has 0 radical (unpaired) electrons. The molecule has 0 aromatic heterocycles. The summed E-state index contributed by atoms with van der Waals surface area (Å²) in [5.41, 5.74) is -1.76. The summed E-state index contributed by atoms with van der Waals surface area (Å²) < 4.78 is 5.16. The van der Waals surface area contributed by atoms with Crippen molar-refractivity contribution in [1.29, 1.82) is 5.26 Å². The van der Waals surface area contributed by atoms with Crippen molar-refractivity contribution < 1.29 is 19.7 Å². The zero-order chi connectivity index (χ0) is 14.6. The van der Waals surface area contributed by atoms with Crippen LogP contribution in [0.15, 0.2) is 0 Å². The summed E-state index contributed by atoms with van der Waals surface area (Å²) in [7, 11) is 0. The van der Waals surface area contributed by atoms with Crippen molar-refractivity contribution in [1.82, 2.24) is 0 Å². The smallest absolute Gasteiger partial charge is 0.310 e. The van der Waals surface area contributed by atoms with Crippen LogP contribution in [0, 0.1) is 16.7 Å². The lowest BCUT2D eigenvalue weighted by molar-refractivity contribution is -0.164. The lowest BCUT2D eigenvalue weighted by Gasteiger charge is -2.35. The van der Waals surface area contributed by atoms with E-state index in [0.29, 0.717) is 0 Å². The molecule has 5 heteroatoms. The summed E-state index contributed by atoms with van der Waals surface area (Å²) in [6.45, 7) is 8.48. The summed E-state index contributed by atoms with van der Waals surface area (Å²) in [6, 6.07) is 1.99. The molecule has 0 aliphatic carbocycles. The van der Waals surface area contributed by atoms with Crippen molar-refractivity contribution in [3.8, 4) is 6.07 Å². The van der Waals surface area contributed by atoms with Gasteiger partial charge < -0.3 is 14.9 Å². The minimum Gasteiger partial charge on any atom is -0.443 e. The van der Waals surface area contributed by atoms with Crippen molar-refractivity contribution in [2.75, 3.05) is 0 Å². The molecule has 0 heterocycles. The lowest BCUT2D eigenvalue weighted by Crippen LogP contribution is -2.43.